The van der Waals surface area contributed by atoms with E-state index in [2.05, 4.69) is 15.2 Å². The summed E-state index contributed by atoms with van der Waals surface area (Å²) in [6, 6.07) is 9.63. The number of pyridine rings is 1. The summed E-state index contributed by atoms with van der Waals surface area (Å²) >= 11 is 6.05. The molecule has 7 heteroatoms. The standard InChI is InChI=1S/C18H19ClN4O2/c1-4-25-15-7-5-13(9-12(15)2)18-22-21-16(10-19)23(18)14-6-8-17(24-3)20-11-14/h5-9,11H,4,10H2,1-3H3. The van der Waals surface area contributed by atoms with Gasteiger partial charge in [-0.1, -0.05) is 0 Å². The van der Waals surface area contributed by atoms with Gasteiger partial charge in [-0.25, -0.2) is 4.98 Å². The molecule has 0 fully saturated rings. The fraction of sp³-hybridized carbons (Fsp3) is 0.278. The summed E-state index contributed by atoms with van der Waals surface area (Å²) in [5.74, 6) is 3.00. The van der Waals surface area contributed by atoms with Gasteiger partial charge in [-0.3, -0.25) is 4.57 Å². The zero-order valence-electron chi connectivity index (χ0n) is 14.4. The maximum absolute atomic E-state index is 6.05. The van der Waals surface area contributed by atoms with Crippen LogP contribution in [-0.2, 0) is 5.88 Å². The minimum atomic E-state index is 0.245. The van der Waals surface area contributed by atoms with Crippen molar-refractivity contribution in [3.8, 4) is 28.7 Å². The molecular formula is C18H19ClN4O2. The van der Waals surface area contributed by atoms with Crippen molar-refractivity contribution in [2.24, 2.45) is 0 Å². The molecule has 0 bridgehead atoms. The second kappa shape index (κ2) is 7.53. The van der Waals surface area contributed by atoms with Crippen molar-refractivity contribution in [2.45, 2.75) is 19.7 Å². The molecule has 0 spiro atoms. The van der Waals surface area contributed by atoms with Gasteiger partial charge in [-0.15, -0.1) is 21.8 Å². The highest BCUT2D eigenvalue weighted by Gasteiger charge is 2.16. The second-order valence-electron chi connectivity index (χ2n) is 5.38. The Morgan fingerprint density at radius 2 is 2.00 bits per heavy atom. The Kier molecular flexibility index (Phi) is 5.19. The van der Waals surface area contributed by atoms with Crippen molar-refractivity contribution in [3.63, 3.8) is 0 Å². The van der Waals surface area contributed by atoms with Crippen molar-refractivity contribution in [2.75, 3.05) is 13.7 Å². The van der Waals surface area contributed by atoms with Crippen LogP contribution in [0.3, 0.4) is 0 Å². The third kappa shape index (κ3) is 3.44. The lowest BCUT2D eigenvalue weighted by Crippen LogP contribution is -2.03. The van der Waals surface area contributed by atoms with Gasteiger partial charge in [0.25, 0.3) is 0 Å². The lowest BCUT2D eigenvalue weighted by atomic mass is 10.1. The highest BCUT2D eigenvalue weighted by Crippen LogP contribution is 2.28. The number of hydrogen-bond acceptors (Lipinski definition) is 5. The smallest absolute Gasteiger partial charge is 0.213 e. The quantitative estimate of drug-likeness (QED) is 0.627. The number of aromatic nitrogens is 4. The van der Waals surface area contributed by atoms with E-state index >= 15 is 0 Å². The summed E-state index contributed by atoms with van der Waals surface area (Å²) in [5, 5.41) is 8.53. The Hall–Kier alpha value is -2.60. The molecule has 3 aromatic rings. The minimum absolute atomic E-state index is 0.245. The lowest BCUT2D eigenvalue weighted by Gasteiger charge is -2.12. The molecule has 2 heterocycles. The first kappa shape index (κ1) is 17.2. The number of aryl methyl sites for hydroxylation is 1. The van der Waals surface area contributed by atoms with Gasteiger partial charge in [0.1, 0.15) is 5.75 Å². The average molecular weight is 359 g/mol. The molecule has 0 aliphatic carbocycles. The molecule has 0 amide bonds. The molecule has 1 aromatic carbocycles. The van der Waals surface area contributed by atoms with Gasteiger partial charge in [0.15, 0.2) is 11.6 Å². The number of hydrogen-bond donors (Lipinski definition) is 0. The molecule has 0 aliphatic heterocycles. The van der Waals surface area contributed by atoms with Crippen molar-refractivity contribution >= 4 is 11.6 Å². The van der Waals surface area contributed by atoms with Crippen LogP contribution in [0.5, 0.6) is 11.6 Å². The number of methoxy groups -OCH3 is 1. The Morgan fingerprint density at radius 1 is 1.16 bits per heavy atom. The van der Waals surface area contributed by atoms with Crippen molar-refractivity contribution in [1.29, 1.82) is 0 Å². The molecule has 0 unspecified atom stereocenters. The Labute approximate surface area is 151 Å². The molecule has 6 nitrogen and oxygen atoms in total. The predicted octanol–water partition coefficient (Wildman–Crippen LogP) is 3.78. The van der Waals surface area contributed by atoms with E-state index < -0.39 is 0 Å². The molecule has 2 aromatic heterocycles. The molecule has 3 rings (SSSR count). The Balaban J connectivity index is 2.08. The maximum Gasteiger partial charge on any atom is 0.213 e. The predicted molar refractivity (Wildman–Crippen MR) is 96.6 cm³/mol. The fourth-order valence-corrected chi connectivity index (χ4v) is 2.77. The molecule has 0 N–H and O–H groups in total. The largest absolute Gasteiger partial charge is 0.494 e. The lowest BCUT2D eigenvalue weighted by molar-refractivity contribution is 0.338. The van der Waals surface area contributed by atoms with Crippen LogP contribution in [0.15, 0.2) is 36.5 Å². The molecule has 0 saturated heterocycles. The first-order chi connectivity index (χ1) is 12.2. The third-order valence-corrected chi connectivity index (χ3v) is 4.01. The highest BCUT2D eigenvalue weighted by molar-refractivity contribution is 6.16. The minimum Gasteiger partial charge on any atom is -0.494 e. The number of nitrogens with zero attached hydrogens (tertiary/aromatic N) is 4. The van der Waals surface area contributed by atoms with Gasteiger partial charge in [-0.2, -0.15) is 0 Å². The van der Waals surface area contributed by atoms with Crippen molar-refractivity contribution < 1.29 is 9.47 Å². The first-order valence-electron chi connectivity index (χ1n) is 7.92. The van der Waals surface area contributed by atoms with Crippen LogP contribution in [0.1, 0.15) is 18.3 Å². The summed E-state index contributed by atoms with van der Waals surface area (Å²) in [4.78, 5) is 4.26. The summed E-state index contributed by atoms with van der Waals surface area (Å²) in [5.41, 5.74) is 2.79. The number of halogens is 1. The second-order valence-corrected chi connectivity index (χ2v) is 5.65. The van der Waals surface area contributed by atoms with E-state index in [1.807, 2.05) is 42.7 Å². The molecule has 25 heavy (non-hydrogen) atoms. The molecule has 0 saturated carbocycles. The first-order valence-corrected chi connectivity index (χ1v) is 8.45. The van der Waals surface area contributed by atoms with Gasteiger partial charge in [-0.05, 0) is 43.7 Å². The van der Waals surface area contributed by atoms with E-state index in [9.17, 15) is 0 Å². The average Bonchev–Trinajstić information content (AvgIpc) is 3.07. The van der Waals surface area contributed by atoms with E-state index in [0.29, 0.717) is 24.1 Å². The molecule has 0 atom stereocenters. The van der Waals surface area contributed by atoms with Crippen LogP contribution in [0.2, 0.25) is 0 Å². The third-order valence-electron chi connectivity index (χ3n) is 3.77. The summed E-state index contributed by atoms with van der Waals surface area (Å²) in [7, 11) is 1.58. The van der Waals surface area contributed by atoms with E-state index in [1.54, 1.807) is 19.4 Å². The Bertz CT molecular complexity index is 862. The molecule has 130 valence electrons. The molecule has 0 aliphatic rings. The number of alkyl halides is 1. The van der Waals surface area contributed by atoms with E-state index in [-0.39, 0.29) is 5.88 Å². The van der Waals surface area contributed by atoms with E-state index in [4.69, 9.17) is 21.1 Å². The van der Waals surface area contributed by atoms with E-state index in [0.717, 1.165) is 22.6 Å². The normalized spacial score (nSPS) is 10.7. The van der Waals surface area contributed by atoms with Crippen LogP contribution in [0.25, 0.3) is 17.1 Å². The van der Waals surface area contributed by atoms with Crippen LogP contribution in [0.4, 0.5) is 0 Å². The van der Waals surface area contributed by atoms with Crippen LogP contribution >= 0.6 is 11.6 Å². The van der Waals surface area contributed by atoms with Gasteiger partial charge in [0, 0.05) is 11.6 Å². The van der Waals surface area contributed by atoms with E-state index in [1.165, 1.54) is 0 Å². The van der Waals surface area contributed by atoms with Gasteiger partial charge < -0.3 is 9.47 Å². The summed E-state index contributed by atoms with van der Waals surface area (Å²) in [6.45, 7) is 4.60. The molecule has 0 radical (unpaired) electrons. The maximum atomic E-state index is 6.05. The summed E-state index contributed by atoms with van der Waals surface area (Å²) in [6.07, 6.45) is 1.71. The van der Waals surface area contributed by atoms with Crippen molar-refractivity contribution in [1.82, 2.24) is 19.7 Å². The van der Waals surface area contributed by atoms with Crippen LogP contribution < -0.4 is 9.47 Å². The fourth-order valence-electron chi connectivity index (χ4n) is 2.59. The summed E-state index contributed by atoms with van der Waals surface area (Å²) < 4.78 is 12.6. The van der Waals surface area contributed by atoms with Gasteiger partial charge >= 0.3 is 0 Å². The van der Waals surface area contributed by atoms with Gasteiger partial charge in [0.2, 0.25) is 5.88 Å². The molecular weight excluding hydrogens is 340 g/mol. The van der Waals surface area contributed by atoms with Crippen LogP contribution in [0, 0.1) is 6.92 Å². The zero-order chi connectivity index (χ0) is 17.8. The number of rotatable bonds is 6. The number of benzene rings is 1. The highest BCUT2D eigenvalue weighted by atomic mass is 35.5. The zero-order valence-corrected chi connectivity index (χ0v) is 15.1. The monoisotopic (exact) mass is 358 g/mol. The number of ether oxygens (including phenoxy) is 2. The van der Waals surface area contributed by atoms with Crippen molar-refractivity contribution in [3.05, 3.63) is 47.9 Å². The van der Waals surface area contributed by atoms with Gasteiger partial charge in [0.05, 0.1) is 31.5 Å². The SMILES string of the molecule is CCOc1ccc(-c2nnc(CCl)n2-c2ccc(OC)nc2)cc1C. The van der Waals surface area contributed by atoms with Crippen LogP contribution in [-0.4, -0.2) is 33.5 Å². The Morgan fingerprint density at radius 3 is 2.60 bits per heavy atom. The topological polar surface area (TPSA) is 62.1 Å².